The maximum absolute atomic E-state index is 12.7. The number of amides is 1. The Kier molecular flexibility index (Phi) is 4.47. The molecule has 19 heavy (non-hydrogen) atoms. The van der Waals surface area contributed by atoms with Crippen molar-refractivity contribution in [2.24, 2.45) is 0 Å². The van der Waals surface area contributed by atoms with E-state index < -0.39 is 0 Å². The van der Waals surface area contributed by atoms with E-state index in [1.807, 2.05) is 24.3 Å². The maximum atomic E-state index is 12.7. The Labute approximate surface area is 119 Å². The summed E-state index contributed by atoms with van der Waals surface area (Å²) in [6, 6.07) is 13.2. The van der Waals surface area contributed by atoms with Gasteiger partial charge in [-0.1, -0.05) is 28.1 Å². The van der Waals surface area contributed by atoms with Crippen molar-refractivity contribution in [1.29, 1.82) is 0 Å². The molecule has 2 rings (SSSR count). The summed E-state index contributed by atoms with van der Waals surface area (Å²) in [5.41, 5.74) is 1.49. The smallest absolute Gasteiger partial charge is 0.248 e. The quantitative estimate of drug-likeness (QED) is 0.842. The summed E-state index contributed by atoms with van der Waals surface area (Å²) in [7, 11) is 0. The van der Waals surface area contributed by atoms with Gasteiger partial charge in [0.05, 0.1) is 0 Å². The van der Waals surface area contributed by atoms with E-state index in [0.717, 1.165) is 10.0 Å². The lowest BCUT2D eigenvalue weighted by Gasteiger charge is -2.01. The Morgan fingerprint density at radius 1 is 1.05 bits per heavy atom. The molecule has 0 bridgehead atoms. The summed E-state index contributed by atoms with van der Waals surface area (Å²) in [4.78, 5) is 11.6. The average molecular weight is 320 g/mol. The zero-order chi connectivity index (χ0) is 13.7. The summed E-state index contributed by atoms with van der Waals surface area (Å²) in [6.07, 6.45) is 3.15. The van der Waals surface area contributed by atoms with Crippen molar-refractivity contribution in [2.75, 3.05) is 5.32 Å². The number of nitrogens with one attached hydrogen (secondary N) is 1. The van der Waals surface area contributed by atoms with E-state index in [9.17, 15) is 9.18 Å². The van der Waals surface area contributed by atoms with Crippen molar-refractivity contribution in [2.45, 2.75) is 0 Å². The molecule has 2 aromatic rings. The number of benzene rings is 2. The molecule has 0 radical (unpaired) electrons. The lowest BCUT2D eigenvalue weighted by molar-refractivity contribution is -0.111. The van der Waals surface area contributed by atoms with Crippen LogP contribution in [0.3, 0.4) is 0 Å². The number of rotatable bonds is 3. The van der Waals surface area contributed by atoms with Crippen molar-refractivity contribution in [3.05, 3.63) is 70.5 Å². The summed E-state index contributed by atoms with van der Waals surface area (Å²) in [5.74, 6) is -0.585. The fraction of sp³-hybridized carbons (Fsp3) is 0. The lowest BCUT2D eigenvalue weighted by atomic mass is 10.2. The molecule has 2 nitrogen and oxygen atoms in total. The van der Waals surface area contributed by atoms with Crippen LogP contribution in [0.5, 0.6) is 0 Å². The molecule has 4 heteroatoms. The van der Waals surface area contributed by atoms with Gasteiger partial charge in [0, 0.05) is 16.2 Å². The number of carbonyl (C=O) groups excluding carboxylic acids is 1. The largest absolute Gasteiger partial charge is 0.323 e. The van der Waals surface area contributed by atoms with Gasteiger partial charge in [0.2, 0.25) is 5.91 Å². The van der Waals surface area contributed by atoms with Crippen LogP contribution in [-0.2, 0) is 4.79 Å². The summed E-state index contributed by atoms with van der Waals surface area (Å²) in [5, 5.41) is 2.65. The van der Waals surface area contributed by atoms with Gasteiger partial charge in [0.25, 0.3) is 0 Å². The molecule has 1 N–H and O–H groups in total. The first-order chi connectivity index (χ1) is 9.13. The van der Waals surface area contributed by atoms with E-state index in [1.54, 1.807) is 6.08 Å². The zero-order valence-electron chi connectivity index (χ0n) is 9.94. The van der Waals surface area contributed by atoms with Gasteiger partial charge >= 0.3 is 0 Å². The highest BCUT2D eigenvalue weighted by atomic mass is 79.9. The Hall–Kier alpha value is -1.94. The summed E-state index contributed by atoms with van der Waals surface area (Å²) >= 11 is 3.34. The van der Waals surface area contributed by atoms with E-state index in [2.05, 4.69) is 21.2 Å². The highest BCUT2D eigenvalue weighted by Gasteiger charge is 1.98. The lowest BCUT2D eigenvalue weighted by Crippen LogP contribution is -2.07. The fourth-order valence-electron chi connectivity index (χ4n) is 1.46. The molecule has 0 fully saturated rings. The highest BCUT2D eigenvalue weighted by Crippen LogP contribution is 2.12. The van der Waals surface area contributed by atoms with Gasteiger partial charge < -0.3 is 5.32 Å². The first kappa shape index (κ1) is 13.5. The van der Waals surface area contributed by atoms with Crippen molar-refractivity contribution in [3.63, 3.8) is 0 Å². The normalized spacial score (nSPS) is 10.6. The number of hydrogen-bond donors (Lipinski definition) is 1. The van der Waals surface area contributed by atoms with Gasteiger partial charge in [0.1, 0.15) is 5.82 Å². The molecule has 0 aromatic heterocycles. The van der Waals surface area contributed by atoms with E-state index in [-0.39, 0.29) is 11.7 Å². The maximum Gasteiger partial charge on any atom is 0.248 e. The van der Waals surface area contributed by atoms with Crippen LogP contribution in [0.25, 0.3) is 6.08 Å². The molecule has 0 aliphatic rings. The van der Waals surface area contributed by atoms with E-state index in [4.69, 9.17) is 0 Å². The molecule has 2 aromatic carbocycles. The minimum absolute atomic E-state index is 0.255. The fourth-order valence-corrected chi connectivity index (χ4v) is 1.73. The number of anilines is 1. The molecule has 0 saturated carbocycles. The second-order valence-electron chi connectivity index (χ2n) is 3.88. The van der Waals surface area contributed by atoms with E-state index in [0.29, 0.717) is 5.69 Å². The molecule has 96 valence electrons. The van der Waals surface area contributed by atoms with Gasteiger partial charge in [0.15, 0.2) is 0 Å². The van der Waals surface area contributed by atoms with Gasteiger partial charge in [-0.05, 0) is 48.0 Å². The Balaban J connectivity index is 1.97. The predicted molar refractivity (Wildman–Crippen MR) is 78.2 cm³/mol. The second-order valence-corrected chi connectivity index (χ2v) is 4.80. The first-order valence-corrected chi connectivity index (χ1v) is 6.43. The highest BCUT2D eigenvalue weighted by molar-refractivity contribution is 9.10. The van der Waals surface area contributed by atoms with Crippen molar-refractivity contribution < 1.29 is 9.18 Å². The molecule has 1 amide bonds. The van der Waals surface area contributed by atoms with Crippen LogP contribution in [0.2, 0.25) is 0 Å². The minimum atomic E-state index is -0.330. The van der Waals surface area contributed by atoms with Crippen LogP contribution in [-0.4, -0.2) is 5.91 Å². The van der Waals surface area contributed by atoms with Gasteiger partial charge in [-0.3, -0.25) is 4.79 Å². The predicted octanol–water partition coefficient (Wildman–Crippen LogP) is 4.24. The van der Waals surface area contributed by atoms with Crippen LogP contribution in [0, 0.1) is 5.82 Å². The SMILES string of the molecule is O=C(C=Cc1ccc(Br)cc1)Nc1ccc(F)cc1. The molecule has 0 aliphatic carbocycles. The average Bonchev–Trinajstić information content (AvgIpc) is 2.41. The molecule has 0 atom stereocenters. The van der Waals surface area contributed by atoms with Crippen molar-refractivity contribution in [1.82, 2.24) is 0 Å². The van der Waals surface area contributed by atoms with Crippen LogP contribution < -0.4 is 5.32 Å². The molecule has 0 spiro atoms. The molecule has 0 unspecified atom stereocenters. The Morgan fingerprint density at radius 3 is 2.32 bits per heavy atom. The molecule has 0 aliphatic heterocycles. The second kappa shape index (κ2) is 6.29. The number of carbonyl (C=O) groups is 1. The molecular weight excluding hydrogens is 309 g/mol. The third-order valence-corrected chi connectivity index (χ3v) is 2.94. The van der Waals surface area contributed by atoms with Gasteiger partial charge in [-0.15, -0.1) is 0 Å². The van der Waals surface area contributed by atoms with Crippen LogP contribution >= 0.6 is 15.9 Å². The number of halogens is 2. The third-order valence-electron chi connectivity index (χ3n) is 2.41. The van der Waals surface area contributed by atoms with Crippen LogP contribution in [0.4, 0.5) is 10.1 Å². The number of hydrogen-bond acceptors (Lipinski definition) is 1. The Morgan fingerprint density at radius 2 is 1.68 bits per heavy atom. The minimum Gasteiger partial charge on any atom is -0.323 e. The third kappa shape index (κ3) is 4.34. The standard InChI is InChI=1S/C15H11BrFNO/c16-12-4-1-11(2-5-12)3-10-15(19)18-14-8-6-13(17)7-9-14/h1-10H,(H,18,19). The van der Waals surface area contributed by atoms with E-state index in [1.165, 1.54) is 30.3 Å². The van der Waals surface area contributed by atoms with Crippen molar-refractivity contribution >= 4 is 33.6 Å². The summed E-state index contributed by atoms with van der Waals surface area (Å²) < 4.78 is 13.7. The van der Waals surface area contributed by atoms with Gasteiger partial charge in [-0.25, -0.2) is 4.39 Å². The first-order valence-electron chi connectivity index (χ1n) is 5.64. The summed E-state index contributed by atoms with van der Waals surface area (Å²) in [6.45, 7) is 0. The van der Waals surface area contributed by atoms with Crippen molar-refractivity contribution in [3.8, 4) is 0 Å². The van der Waals surface area contributed by atoms with Gasteiger partial charge in [-0.2, -0.15) is 0 Å². The van der Waals surface area contributed by atoms with Crippen LogP contribution in [0.15, 0.2) is 59.1 Å². The van der Waals surface area contributed by atoms with Crippen LogP contribution in [0.1, 0.15) is 5.56 Å². The Bertz CT molecular complexity index is 591. The topological polar surface area (TPSA) is 29.1 Å². The monoisotopic (exact) mass is 319 g/mol. The van der Waals surface area contributed by atoms with E-state index >= 15 is 0 Å². The molecular formula is C15H11BrFNO. The molecule has 0 saturated heterocycles. The zero-order valence-corrected chi connectivity index (χ0v) is 11.5. The molecule has 0 heterocycles.